The Hall–Kier alpha value is -0.680. The Morgan fingerprint density at radius 2 is 2.36 bits per heavy atom. The molecule has 0 saturated carbocycles. The molecule has 14 heavy (non-hydrogen) atoms. The third-order valence-corrected chi connectivity index (χ3v) is 2.60. The maximum atomic E-state index is 5.09. The van der Waals surface area contributed by atoms with Crippen LogP contribution in [0.5, 0.6) is 0 Å². The highest BCUT2D eigenvalue weighted by Crippen LogP contribution is 2.06. The molecule has 0 bridgehead atoms. The molecule has 0 amide bonds. The highest BCUT2D eigenvalue weighted by atomic mass is 32.1. The Morgan fingerprint density at radius 1 is 1.64 bits per heavy atom. The lowest BCUT2D eigenvalue weighted by Crippen LogP contribution is -2.38. The molecule has 3 nitrogen and oxygen atoms in total. The second-order valence-corrected chi connectivity index (χ2v) is 4.81. The molecule has 0 aliphatic rings. The van der Waals surface area contributed by atoms with Crippen LogP contribution < -0.4 is 10.6 Å². The smallest absolute Gasteiger partial charge is 0.166 e. The summed E-state index contributed by atoms with van der Waals surface area (Å²) in [6.07, 6.45) is 0. The van der Waals surface area contributed by atoms with Crippen molar-refractivity contribution in [2.75, 3.05) is 0 Å². The Morgan fingerprint density at radius 3 is 2.86 bits per heavy atom. The van der Waals surface area contributed by atoms with Crippen LogP contribution in [0, 0.1) is 6.92 Å². The average molecular weight is 229 g/mol. The zero-order valence-electron chi connectivity index (χ0n) is 8.63. The Kier molecular flexibility index (Phi) is 4.28. The summed E-state index contributed by atoms with van der Waals surface area (Å²) in [5.74, 6) is 0. The van der Waals surface area contributed by atoms with Crippen molar-refractivity contribution >= 4 is 28.7 Å². The van der Waals surface area contributed by atoms with E-state index in [1.807, 2.05) is 12.3 Å². The quantitative estimate of drug-likeness (QED) is 0.775. The molecule has 0 fully saturated rings. The first-order chi connectivity index (χ1) is 6.58. The number of nitrogens with zero attached hydrogens (tertiary/aromatic N) is 1. The minimum atomic E-state index is 0.368. The van der Waals surface area contributed by atoms with E-state index in [0.717, 1.165) is 10.7 Å². The van der Waals surface area contributed by atoms with Crippen molar-refractivity contribution in [1.29, 1.82) is 0 Å². The van der Waals surface area contributed by atoms with Crippen LogP contribution in [-0.2, 0) is 6.54 Å². The Labute approximate surface area is 93.9 Å². The number of aryl methyl sites for hydroxylation is 1. The van der Waals surface area contributed by atoms with Crippen molar-refractivity contribution in [2.45, 2.75) is 33.4 Å². The second-order valence-electron chi connectivity index (χ2n) is 3.34. The topological polar surface area (TPSA) is 37.0 Å². The van der Waals surface area contributed by atoms with Crippen LogP contribution in [0.4, 0.5) is 0 Å². The van der Waals surface area contributed by atoms with Gasteiger partial charge in [0.25, 0.3) is 0 Å². The summed E-state index contributed by atoms with van der Waals surface area (Å²) in [5, 5.41) is 10.0. The summed E-state index contributed by atoms with van der Waals surface area (Å²) in [4.78, 5) is 4.33. The average Bonchev–Trinajstić information content (AvgIpc) is 2.47. The van der Waals surface area contributed by atoms with Crippen molar-refractivity contribution in [1.82, 2.24) is 15.6 Å². The number of rotatable bonds is 3. The Bertz CT molecular complexity index is 307. The van der Waals surface area contributed by atoms with Crippen molar-refractivity contribution in [2.24, 2.45) is 0 Å². The van der Waals surface area contributed by atoms with Gasteiger partial charge in [0, 0.05) is 11.4 Å². The van der Waals surface area contributed by atoms with Crippen molar-refractivity contribution in [3.63, 3.8) is 0 Å². The summed E-state index contributed by atoms with van der Waals surface area (Å²) in [6, 6.07) is 0.368. The van der Waals surface area contributed by atoms with Crippen LogP contribution in [0.1, 0.15) is 24.5 Å². The van der Waals surface area contributed by atoms with Crippen molar-refractivity contribution < 1.29 is 0 Å². The normalized spacial score (nSPS) is 10.3. The fourth-order valence-electron chi connectivity index (χ4n) is 0.973. The molecule has 0 radical (unpaired) electrons. The van der Waals surface area contributed by atoms with Gasteiger partial charge in [0.1, 0.15) is 0 Å². The summed E-state index contributed by atoms with van der Waals surface area (Å²) in [6.45, 7) is 6.81. The van der Waals surface area contributed by atoms with Gasteiger partial charge in [0.15, 0.2) is 5.11 Å². The lowest BCUT2D eigenvalue weighted by molar-refractivity contribution is 0.710. The molecule has 0 spiro atoms. The Balaban J connectivity index is 2.30. The third-order valence-electron chi connectivity index (χ3n) is 1.52. The number of thiazole rings is 1. The molecular formula is C9H15N3S2. The molecule has 0 aliphatic carbocycles. The van der Waals surface area contributed by atoms with Crippen LogP contribution in [-0.4, -0.2) is 16.1 Å². The van der Waals surface area contributed by atoms with Gasteiger partial charge in [-0.05, 0) is 33.0 Å². The van der Waals surface area contributed by atoms with Gasteiger partial charge in [0.2, 0.25) is 0 Å². The maximum absolute atomic E-state index is 5.09. The van der Waals surface area contributed by atoms with Gasteiger partial charge >= 0.3 is 0 Å². The molecule has 2 N–H and O–H groups in total. The minimum absolute atomic E-state index is 0.368. The van der Waals surface area contributed by atoms with Gasteiger partial charge in [-0.1, -0.05) is 0 Å². The molecule has 5 heteroatoms. The highest BCUT2D eigenvalue weighted by Gasteiger charge is 2.00. The molecule has 78 valence electrons. The van der Waals surface area contributed by atoms with E-state index in [4.69, 9.17) is 12.2 Å². The molecule has 1 aromatic heterocycles. The fraction of sp³-hybridized carbons (Fsp3) is 0.556. The van der Waals surface area contributed by atoms with Gasteiger partial charge in [-0.15, -0.1) is 11.3 Å². The van der Waals surface area contributed by atoms with E-state index in [1.165, 1.54) is 0 Å². The van der Waals surface area contributed by atoms with E-state index in [-0.39, 0.29) is 0 Å². The first-order valence-electron chi connectivity index (χ1n) is 4.53. The molecule has 0 unspecified atom stereocenters. The van der Waals surface area contributed by atoms with Gasteiger partial charge in [0.05, 0.1) is 17.2 Å². The lowest BCUT2D eigenvalue weighted by atomic mass is 10.4. The highest BCUT2D eigenvalue weighted by molar-refractivity contribution is 7.80. The van der Waals surface area contributed by atoms with Gasteiger partial charge < -0.3 is 10.6 Å². The molecule has 0 aliphatic heterocycles. The van der Waals surface area contributed by atoms with Crippen molar-refractivity contribution in [3.05, 3.63) is 16.1 Å². The zero-order chi connectivity index (χ0) is 10.6. The lowest BCUT2D eigenvalue weighted by Gasteiger charge is -2.11. The van der Waals surface area contributed by atoms with Gasteiger partial charge in [-0.3, -0.25) is 0 Å². The standard InChI is InChI=1S/C9H15N3S2/c1-6(2)11-9(13)10-4-8-5-14-7(3)12-8/h5-6H,4H2,1-3H3,(H2,10,11,13). The molecule has 1 rings (SSSR count). The third kappa shape index (κ3) is 4.02. The molecule has 1 heterocycles. The largest absolute Gasteiger partial charge is 0.361 e. The molecular weight excluding hydrogens is 214 g/mol. The van der Waals surface area contributed by atoms with Gasteiger partial charge in [-0.2, -0.15) is 0 Å². The predicted molar refractivity (Wildman–Crippen MR) is 64.6 cm³/mol. The number of hydrogen-bond acceptors (Lipinski definition) is 3. The molecule has 0 saturated heterocycles. The maximum Gasteiger partial charge on any atom is 0.166 e. The number of aromatic nitrogens is 1. The predicted octanol–water partition coefficient (Wildman–Crippen LogP) is 1.82. The summed E-state index contributed by atoms with van der Waals surface area (Å²) < 4.78 is 0. The van der Waals surface area contributed by atoms with E-state index >= 15 is 0 Å². The fourth-order valence-corrected chi connectivity index (χ4v) is 1.89. The number of nitrogens with one attached hydrogen (secondary N) is 2. The van der Waals surface area contributed by atoms with Crippen LogP contribution in [0.25, 0.3) is 0 Å². The monoisotopic (exact) mass is 229 g/mol. The van der Waals surface area contributed by atoms with E-state index < -0.39 is 0 Å². The zero-order valence-corrected chi connectivity index (χ0v) is 10.3. The van der Waals surface area contributed by atoms with Crippen LogP contribution in [0.3, 0.4) is 0 Å². The summed E-state index contributed by atoms with van der Waals surface area (Å²) in [7, 11) is 0. The summed E-state index contributed by atoms with van der Waals surface area (Å²) in [5.41, 5.74) is 1.04. The van der Waals surface area contributed by atoms with E-state index in [1.54, 1.807) is 11.3 Å². The summed E-state index contributed by atoms with van der Waals surface area (Å²) >= 11 is 6.74. The van der Waals surface area contributed by atoms with Crippen molar-refractivity contribution in [3.8, 4) is 0 Å². The van der Waals surface area contributed by atoms with Crippen LogP contribution in [0.2, 0.25) is 0 Å². The molecule has 0 aromatic carbocycles. The van der Waals surface area contributed by atoms with Gasteiger partial charge in [-0.25, -0.2) is 4.98 Å². The first-order valence-corrected chi connectivity index (χ1v) is 5.82. The van der Waals surface area contributed by atoms with E-state index in [9.17, 15) is 0 Å². The number of thiocarbonyl (C=S) groups is 1. The van der Waals surface area contributed by atoms with Crippen LogP contribution in [0.15, 0.2) is 5.38 Å². The number of hydrogen-bond donors (Lipinski definition) is 2. The van der Waals surface area contributed by atoms with Crippen LogP contribution >= 0.6 is 23.6 Å². The molecule has 1 aromatic rings. The van der Waals surface area contributed by atoms with E-state index in [2.05, 4.69) is 29.5 Å². The minimum Gasteiger partial charge on any atom is -0.361 e. The molecule has 0 atom stereocenters. The second kappa shape index (κ2) is 5.26. The van der Waals surface area contributed by atoms with E-state index in [0.29, 0.717) is 17.7 Å². The first kappa shape index (κ1) is 11.4. The SMILES string of the molecule is Cc1nc(CNC(=S)NC(C)C)cs1.